The second-order valence-corrected chi connectivity index (χ2v) is 4.67. The Balaban J connectivity index is 1.87. The molecule has 0 radical (unpaired) electrons. The number of nitrogens with zero attached hydrogens (tertiary/aromatic N) is 5. The first-order chi connectivity index (χ1) is 10.7. The first-order valence-corrected chi connectivity index (χ1v) is 6.77. The van der Waals surface area contributed by atoms with Crippen LogP contribution in [0.15, 0.2) is 29.1 Å². The molecule has 0 N–H and O–H groups in total. The van der Waals surface area contributed by atoms with Crippen LogP contribution in [0.25, 0.3) is 5.69 Å². The second kappa shape index (κ2) is 5.98. The van der Waals surface area contributed by atoms with E-state index in [9.17, 15) is 9.59 Å². The number of aromatic nitrogens is 4. The van der Waals surface area contributed by atoms with E-state index in [1.54, 1.807) is 31.4 Å². The van der Waals surface area contributed by atoms with Crippen molar-refractivity contribution in [3.8, 4) is 11.4 Å². The summed E-state index contributed by atoms with van der Waals surface area (Å²) < 4.78 is 12.1. The summed E-state index contributed by atoms with van der Waals surface area (Å²) in [6.07, 6.45) is 0. The summed E-state index contributed by atoms with van der Waals surface area (Å²) in [4.78, 5) is 26.1. The highest BCUT2D eigenvalue weighted by Gasteiger charge is 2.23. The van der Waals surface area contributed by atoms with Crippen molar-refractivity contribution in [1.29, 1.82) is 0 Å². The Kier molecular flexibility index (Phi) is 3.88. The number of carbonyl (C=O) groups excluding carboxylic acids is 1. The fourth-order valence-corrected chi connectivity index (χ4v) is 2.14. The summed E-state index contributed by atoms with van der Waals surface area (Å²) in [5.41, 5.74) is -0.103. The lowest BCUT2D eigenvalue weighted by Crippen LogP contribution is -2.46. The van der Waals surface area contributed by atoms with Crippen molar-refractivity contribution in [3.63, 3.8) is 0 Å². The van der Waals surface area contributed by atoms with Crippen LogP contribution >= 0.6 is 0 Å². The normalized spacial score (nSPS) is 14.9. The minimum absolute atomic E-state index is 0.431. The van der Waals surface area contributed by atoms with Crippen molar-refractivity contribution in [2.24, 2.45) is 0 Å². The number of hydrogen-bond acceptors (Lipinski definition) is 6. The molecule has 1 aliphatic heterocycles. The minimum atomic E-state index is -0.610. The van der Waals surface area contributed by atoms with E-state index >= 15 is 0 Å². The van der Waals surface area contributed by atoms with Crippen molar-refractivity contribution in [2.75, 3.05) is 33.4 Å². The van der Waals surface area contributed by atoms with Crippen LogP contribution < -0.4 is 10.4 Å². The molecule has 1 aromatic carbocycles. The first-order valence-electron chi connectivity index (χ1n) is 6.77. The number of benzene rings is 1. The van der Waals surface area contributed by atoms with Crippen LogP contribution in [0.4, 0.5) is 4.79 Å². The van der Waals surface area contributed by atoms with E-state index in [1.807, 2.05) is 0 Å². The molecular formula is C13H15N5O4. The molecule has 3 rings (SSSR count). The third-order valence-corrected chi connectivity index (χ3v) is 3.36. The third kappa shape index (κ3) is 2.58. The van der Waals surface area contributed by atoms with Gasteiger partial charge in [-0.05, 0) is 34.7 Å². The molecule has 0 spiro atoms. The van der Waals surface area contributed by atoms with Crippen molar-refractivity contribution < 1.29 is 14.3 Å². The maximum absolute atomic E-state index is 12.3. The Bertz CT molecular complexity index is 715. The zero-order valence-corrected chi connectivity index (χ0v) is 12.0. The number of morpholine rings is 1. The molecule has 0 unspecified atom stereocenters. The molecule has 1 aromatic heterocycles. The van der Waals surface area contributed by atoms with Gasteiger partial charge >= 0.3 is 11.7 Å². The summed E-state index contributed by atoms with van der Waals surface area (Å²) in [5, 5.41) is 7.42. The average molecular weight is 305 g/mol. The van der Waals surface area contributed by atoms with E-state index in [0.29, 0.717) is 37.7 Å². The number of methoxy groups -OCH3 is 1. The van der Waals surface area contributed by atoms with Crippen molar-refractivity contribution in [1.82, 2.24) is 24.7 Å². The number of hydrogen-bond donors (Lipinski definition) is 0. The third-order valence-electron chi connectivity index (χ3n) is 3.36. The second-order valence-electron chi connectivity index (χ2n) is 4.67. The number of ether oxygens (including phenoxy) is 2. The van der Waals surface area contributed by atoms with Crippen LogP contribution in [-0.2, 0) is 4.74 Å². The highest BCUT2D eigenvalue weighted by atomic mass is 16.5. The lowest BCUT2D eigenvalue weighted by molar-refractivity contribution is 0.0525. The highest BCUT2D eigenvalue weighted by molar-refractivity contribution is 5.75. The van der Waals surface area contributed by atoms with Gasteiger partial charge in [-0.3, -0.25) is 0 Å². The van der Waals surface area contributed by atoms with Gasteiger partial charge in [0.25, 0.3) is 0 Å². The molecule has 1 fully saturated rings. The van der Waals surface area contributed by atoms with E-state index in [1.165, 1.54) is 4.90 Å². The van der Waals surface area contributed by atoms with E-state index in [0.717, 1.165) is 9.36 Å². The molecule has 2 aromatic rings. The number of rotatable bonds is 2. The SMILES string of the molecule is COc1ccc(-n2nnn(C(=O)N3CCOCC3)c2=O)cc1. The van der Waals surface area contributed by atoms with Gasteiger partial charge in [-0.2, -0.15) is 4.68 Å². The molecule has 1 amide bonds. The summed E-state index contributed by atoms with van der Waals surface area (Å²) >= 11 is 0. The summed E-state index contributed by atoms with van der Waals surface area (Å²) in [6.45, 7) is 1.77. The van der Waals surface area contributed by atoms with E-state index in [4.69, 9.17) is 9.47 Å². The lowest BCUT2D eigenvalue weighted by atomic mass is 10.3. The van der Waals surface area contributed by atoms with E-state index in [-0.39, 0.29) is 0 Å². The van der Waals surface area contributed by atoms with Gasteiger partial charge in [0.15, 0.2) is 0 Å². The molecule has 22 heavy (non-hydrogen) atoms. The predicted molar refractivity (Wildman–Crippen MR) is 75.4 cm³/mol. The topological polar surface area (TPSA) is 91.5 Å². The molecule has 1 saturated heterocycles. The van der Waals surface area contributed by atoms with Crippen LogP contribution in [0.5, 0.6) is 5.75 Å². The fraction of sp³-hybridized carbons (Fsp3) is 0.385. The Morgan fingerprint density at radius 3 is 2.50 bits per heavy atom. The van der Waals surface area contributed by atoms with Gasteiger partial charge < -0.3 is 14.4 Å². The quantitative estimate of drug-likeness (QED) is 0.710. The predicted octanol–water partition coefficient (Wildman–Crippen LogP) is -0.262. The van der Waals surface area contributed by atoms with Crippen LogP contribution in [0.3, 0.4) is 0 Å². The Labute approximate surface area is 125 Å². The summed E-state index contributed by atoms with van der Waals surface area (Å²) in [6, 6.07) is 6.24. The van der Waals surface area contributed by atoms with Crippen molar-refractivity contribution in [2.45, 2.75) is 0 Å². The summed E-state index contributed by atoms with van der Waals surface area (Å²) in [7, 11) is 1.55. The van der Waals surface area contributed by atoms with E-state index < -0.39 is 11.7 Å². The molecule has 2 heterocycles. The molecule has 9 heteroatoms. The number of carbonyl (C=O) groups is 1. The van der Waals surface area contributed by atoms with Crippen LogP contribution in [0.1, 0.15) is 0 Å². The van der Waals surface area contributed by atoms with Gasteiger partial charge in [0.2, 0.25) is 0 Å². The fourth-order valence-electron chi connectivity index (χ4n) is 2.14. The van der Waals surface area contributed by atoms with Gasteiger partial charge in [-0.25, -0.2) is 9.59 Å². The van der Waals surface area contributed by atoms with Crippen molar-refractivity contribution in [3.05, 3.63) is 34.7 Å². The molecule has 0 atom stereocenters. The maximum Gasteiger partial charge on any atom is 0.377 e. The molecule has 0 aliphatic carbocycles. The standard InChI is InChI=1S/C13H15N5O4/c1-21-11-4-2-10(3-5-11)17-13(20)18(15-14-17)12(19)16-6-8-22-9-7-16/h2-5H,6-9H2,1H3. The molecular weight excluding hydrogens is 290 g/mol. The number of amides is 1. The zero-order valence-electron chi connectivity index (χ0n) is 12.0. The average Bonchev–Trinajstić information content (AvgIpc) is 2.96. The van der Waals surface area contributed by atoms with Gasteiger partial charge in [-0.1, -0.05) is 0 Å². The van der Waals surface area contributed by atoms with Gasteiger partial charge in [0.1, 0.15) is 5.75 Å². The zero-order chi connectivity index (χ0) is 15.5. The van der Waals surface area contributed by atoms with Crippen LogP contribution in [0, 0.1) is 0 Å². The first kappa shape index (κ1) is 14.3. The minimum Gasteiger partial charge on any atom is -0.497 e. The van der Waals surface area contributed by atoms with Crippen LogP contribution in [-0.4, -0.2) is 64.1 Å². The monoisotopic (exact) mass is 305 g/mol. The maximum atomic E-state index is 12.3. The van der Waals surface area contributed by atoms with E-state index in [2.05, 4.69) is 10.4 Å². The lowest BCUT2D eigenvalue weighted by Gasteiger charge is -2.25. The van der Waals surface area contributed by atoms with Crippen LogP contribution in [0.2, 0.25) is 0 Å². The Morgan fingerprint density at radius 2 is 1.86 bits per heavy atom. The molecule has 116 valence electrons. The number of tetrazole rings is 1. The van der Waals surface area contributed by atoms with Gasteiger partial charge in [-0.15, -0.1) is 4.68 Å². The molecule has 1 aliphatic rings. The molecule has 0 saturated carbocycles. The smallest absolute Gasteiger partial charge is 0.377 e. The Hall–Kier alpha value is -2.68. The van der Waals surface area contributed by atoms with Gasteiger partial charge in [0.05, 0.1) is 26.0 Å². The summed E-state index contributed by atoms with van der Waals surface area (Å²) in [5.74, 6) is 0.661. The highest BCUT2D eigenvalue weighted by Crippen LogP contribution is 2.12. The Morgan fingerprint density at radius 1 is 1.18 bits per heavy atom. The molecule has 9 nitrogen and oxygen atoms in total. The van der Waals surface area contributed by atoms with Gasteiger partial charge in [0, 0.05) is 13.1 Å². The largest absolute Gasteiger partial charge is 0.497 e. The van der Waals surface area contributed by atoms with Crippen molar-refractivity contribution >= 4 is 6.03 Å². The molecule has 0 bridgehead atoms.